The first-order chi connectivity index (χ1) is 11.9. The standard InChI is InChI=1S/C14H4Br10O2/c15-5-3-1-2-4-6(5)25-14(24,13(21,22)23)26-12-10(19)8(17)7(16)9(18)11(12)20/h1-4H. The van der Waals surface area contributed by atoms with Gasteiger partial charge < -0.3 is 9.47 Å². The minimum absolute atomic E-state index is 0.499. The first kappa shape index (κ1) is 25.1. The number of halogens is 10. The highest BCUT2D eigenvalue weighted by Crippen LogP contribution is 2.55. The summed E-state index contributed by atoms with van der Waals surface area (Å²) in [7, 11) is 0. The molecule has 0 aliphatic carbocycles. The molecule has 0 saturated heterocycles. The fourth-order valence-corrected chi connectivity index (χ4v) is 5.97. The van der Waals surface area contributed by atoms with Crippen LogP contribution in [0.3, 0.4) is 0 Å². The third kappa shape index (κ3) is 5.55. The predicted octanol–water partition coefficient (Wildman–Crippen LogP) is 10.6. The lowest BCUT2D eigenvalue weighted by Gasteiger charge is -2.36. The Morgan fingerprint density at radius 1 is 0.615 bits per heavy atom. The Bertz CT molecular complexity index is 806. The average molecular weight is 1000 g/mol. The first-order valence-corrected chi connectivity index (χ1v) is 14.2. The van der Waals surface area contributed by atoms with Crippen molar-refractivity contribution in [3.63, 3.8) is 0 Å². The second-order valence-electron chi connectivity index (χ2n) is 4.57. The zero-order chi connectivity index (χ0) is 19.9. The van der Waals surface area contributed by atoms with E-state index < -0.39 is 6.84 Å². The van der Waals surface area contributed by atoms with E-state index in [1.54, 1.807) is 0 Å². The molecule has 0 saturated carbocycles. The summed E-state index contributed by atoms with van der Waals surface area (Å²) in [5.41, 5.74) is 0. The molecule has 26 heavy (non-hydrogen) atoms. The van der Waals surface area contributed by atoms with Crippen LogP contribution in [0.4, 0.5) is 0 Å². The molecule has 1 unspecified atom stereocenters. The summed E-state index contributed by atoms with van der Waals surface area (Å²) >= 11 is 35.2. The number of benzene rings is 2. The normalized spacial score (nSPS) is 14.1. The molecule has 2 rings (SSSR count). The van der Waals surface area contributed by atoms with Crippen molar-refractivity contribution in [3.8, 4) is 11.5 Å². The second-order valence-corrected chi connectivity index (χ2v) is 17.2. The number of ether oxygens (including phenoxy) is 2. The quantitative estimate of drug-likeness (QED) is 0.132. The van der Waals surface area contributed by atoms with Crippen molar-refractivity contribution < 1.29 is 9.47 Å². The van der Waals surface area contributed by atoms with E-state index in [2.05, 4.69) is 159 Å². The van der Waals surface area contributed by atoms with Gasteiger partial charge in [-0.15, -0.1) is 0 Å². The Hall–Kier alpha value is 2.84. The van der Waals surface area contributed by atoms with Crippen molar-refractivity contribution in [1.82, 2.24) is 0 Å². The van der Waals surface area contributed by atoms with Crippen LogP contribution in [0, 0.1) is 0 Å². The van der Waals surface area contributed by atoms with E-state index in [1.807, 2.05) is 24.3 Å². The van der Waals surface area contributed by atoms with Gasteiger partial charge in [0, 0.05) is 20.4 Å². The van der Waals surface area contributed by atoms with Crippen LogP contribution >= 0.6 is 159 Å². The summed E-state index contributed by atoms with van der Waals surface area (Å²) in [6.45, 7) is 0. The van der Waals surface area contributed by atoms with E-state index in [9.17, 15) is 0 Å². The summed E-state index contributed by atoms with van der Waals surface area (Å²) in [6, 6.07) is 7.46. The monoisotopic (exact) mass is 993 g/mol. The van der Waals surface area contributed by atoms with Crippen molar-refractivity contribution in [2.45, 2.75) is 6.84 Å². The highest BCUT2D eigenvalue weighted by Gasteiger charge is 2.52. The molecule has 1 atom stereocenters. The summed E-state index contributed by atoms with van der Waals surface area (Å²) in [5.74, 6) is 1.08. The third-order valence-electron chi connectivity index (χ3n) is 2.82. The lowest BCUT2D eigenvalue weighted by atomic mass is 10.3. The number of alkyl halides is 4. The predicted molar refractivity (Wildman–Crippen MR) is 142 cm³/mol. The maximum absolute atomic E-state index is 6.26. The molecule has 0 aliphatic heterocycles. The van der Waals surface area contributed by atoms with Gasteiger partial charge in [0.05, 0.1) is 22.4 Å². The first-order valence-electron chi connectivity index (χ1n) is 6.28. The van der Waals surface area contributed by atoms with Gasteiger partial charge in [0.15, 0.2) is 5.75 Å². The molecule has 0 radical (unpaired) electrons. The minimum Gasteiger partial charge on any atom is -0.440 e. The van der Waals surface area contributed by atoms with Crippen LogP contribution in [-0.4, -0.2) is 6.84 Å². The zero-order valence-corrected chi connectivity index (χ0v) is 27.8. The number of para-hydroxylation sites is 1. The molecule has 0 fully saturated rings. The summed E-state index contributed by atoms with van der Waals surface area (Å²) in [4.78, 5) is 0. The molecule has 0 heterocycles. The van der Waals surface area contributed by atoms with Gasteiger partial charge in [-0.05, 0) is 108 Å². The number of hydrogen-bond acceptors (Lipinski definition) is 2. The van der Waals surface area contributed by atoms with E-state index in [1.165, 1.54) is 0 Å². The van der Waals surface area contributed by atoms with Gasteiger partial charge in [-0.3, -0.25) is 0 Å². The van der Waals surface area contributed by atoms with Crippen molar-refractivity contribution in [1.29, 1.82) is 0 Å². The van der Waals surface area contributed by atoms with Gasteiger partial charge in [0.25, 0.3) is 0 Å². The molecule has 2 aromatic rings. The van der Waals surface area contributed by atoms with Crippen LogP contribution in [0.5, 0.6) is 11.5 Å². The topological polar surface area (TPSA) is 18.5 Å². The van der Waals surface area contributed by atoms with Crippen LogP contribution in [0.1, 0.15) is 0 Å². The molecule has 0 amide bonds. The molecule has 0 bridgehead atoms. The SMILES string of the molecule is Brc1ccccc1OC(Br)(Oc1c(Br)c(Br)c(Br)c(Br)c1Br)C(Br)(Br)Br. The molecule has 142 valence electrons. The van der Waals surface area contributed by atoms with Gasteiger partial charge >= 0.3 is 4.70 Å². The van der Waals surface area contributed by atoms with Crippen LogP contribution in [0.15, 0.2) is 51.1 Å². The van der Waals surface area contributed by atoms with Gasteiger partial charge in [-0.1, -0.05) is 59.9 Å². The fourth-order valence-electron chi connectivity index (χ4n) is 1.61. The van der Waals surface area contributed by atoms with Gasteiger partial charge in [0.2, 0.25) is 2.14 Å². The van der Waals surface area contributed by atoms with Crippen LogP contribution in [0.25, 0.3) is 0 Å². The highest BCUT2D eigenvalue weighted by molar-refractivity contribution is 9.40. The van der Waals surface area contributed by atoms with Crippen LogP contribution < -0.4 is 9.47 Å². The third-order valence-corrected chi connectivity index (χ3v) is 13.6. The van der Waals surface area contributed by atoms with Crippen LogP contribution in [-0.2, 0) is 0 Å². The van der Waals surface area contributed by atoms with Crippen LogP contribution in [0.2, 0.25) is 0 Å². The number of rotatable bonds is 4. The summed E-state index contributed by atoms with van der Waals surface area (Å²) < 4.78 is 14.6. The molecular formula is C14H4Br10O2. The van der Waals surface area contributed by atoms with E-state index in [0.29, 0.717) is 20.4 Å². The Balaban J connectivity index is 2.56. The second kappa shape index (κ2) is 9.97. The molecule has 0 aliphatic rings. The molecule has 0 spiro atoms. The smallest absolute Gasteiger partial charge is 0.345 e. The Morgan fingerprint density at radius 2 is 1.08 bits per heavy atom. The summed E-state index contributed by atoms with van der Waals surface area (Å²) in [5, 5.41) is 0. The zero-order valence-electron chi connectivity index (χ0n) is 11.9. The molecule has 0 aromatic heterocycles. The Labute approximate surface area is 234 Å². The Morgan fingerprint density at radius 3 is 1.54 bits per heavy atom. The lowest BCUT2D eigenvalue weighted by Crippen LogP contribution is -2.47. The Kier molecular flexibility index (Phi) is 9.63. The summed E-state index contributed by atoms with van der Waals surface area (Å²) in [6.07, 6.45) is 0. The average Bonchev–Trinajstić information content (AvgIpc) is 2.56. The van der Waals surface area contributed by atoms with Crippen molar-refractivity contribution in [2.24, 2.45) is 0 Å². The molecule has 0 N–H and O–H groups in total. The number of hydrogen-bond donors (Lipinski definition) is 0. The fraction of sp³-hybridized carbons (Fsp3) is 0.143. The molecule has 12 heteroatoms. The minimum atomic E-state index is -1.39. The van der Waals surface area contributed by atoms with E-state index in [4.69, 9.17) is 9.47 Å². The van der Waals surface area contributed by atoms with E-state index in [-0.39, 0.29) is 0 Å². The van der Waals surface area contributed by atoms with E-state index in [0.717, 1.165) is 17.9 Å². The molecular weight excluding hydrogens is 999 g/mol. The lowest BCUT2D eigenvalue weighted by molar-refractivity contribution is -0.0121. The maximum Gasteiger partial charge on any atom is 0.345 e. The van der Waals surface area contributed by atoms with Crippen molar-refractivity contribution in [2.75, 3.05) is 0 Å². The molecule has 2 aromatic carbocycles. The van der Waals surface area contributed by atoms with E-state index >= 15 is 0 Å². The highest BCUT2D eigenvalue weighted by atomic mass is 80.0. The largest absolute Gasteiger partial charge is 0.440 e. The van der Waals surface area contributed by atoms with Crippen molar-refractivity contribution in [3.05, 3.63) is 51.1 Å². The van der Waals surface area contributed by atoms with Gasteiger partial charge in [-0.2, -0.15) is 0 Å². The van der Waals surface area contributed by atoms with Crippen molar-refractivity contribution >= 4 is 159 Å². The molecule has 2 nitrogen and oxygen atoms in total. The maximum atomic E-state index is 6.26. The van der Waals surface area contributed by atoms with Gasteiger partial charge in [-0.25, -0.2) is 0 Å². The van der Waals surface area contributed by atoms with Gasteiger partial charge in [0.1, 0.15) is 5.75 Å².